The molecular weight excluding hydrogens is 354 g/mol. The lowest BCUT2D eigenvalue weighted by Crippen LogP contribution is -2.72. The monoisotopic (exact) mass is 381 g/mol. The fourth-order valence-corrected chi connectivity index (χ4v) is 4.36. The van der Waals surface area contributed by atoms with Crippen molar-refractivity contribution in [2.24, 2.45) is 5.92 Å². The van der Waals surface area contributed by atoms with Crippen molar-refractivity contribution in [3.05, 3.63) is 59.9 Å². The number of aromatic nitrogens is 1. The first-order valence-corrected chi connectivity index (χ1v) is 9.83. The zero-order chi connectivity index (χ0) is 19.6. The molecule has 3 heterocycles. The fraction of sp³-hybridized carbons (Fsp3) is 0.455. The summed E-state index contributed by atoms with van der Waals surface area (Å²) in [5.41, 5.74) is 1.55. The van der Waals surface area contributed by atoms with Crippen molar-refractivity contribution in [2.45, 2.75) is 25.0 Å². The molecule has 28 heavy (non-hydrogen) atoms. The lowest BCUT2D eigenvalue weighted by Gasteiger charge is -2.58. The van der Waals surface area contributed by atoms with Crippen LogP contribution in [-0.4, -0.2) is 64.6 Å². The average Bonchev–Trinajstić information content (AvgIpc) is 2.68. The molecule has 0 radical (unpaired) electrons. The van der Waals surface area contributed by atoms with Gasteiger partial charge in [-0.25, -0.2) is 0 Å². The van der Waals surface area contributed by atoms with Crippen LogP contribution >= 0.6 is 0 Å². The summed E-state index contributed by atoms with van der Waals surface area (Å²) in [5, 5.41) is 9.62. The number of phenolic OH excluding ortho intramolecular Hbond substituents is 1. The Kier molecular flexibility index (Phi) is 5.33. The van der Waals surface area contributed by atoms with Gasteiger partial charge in [-0.05, 0) is 62.7 Å². The van der Waals surface area contributed by atoms with E-state index in [4.69, 9.17) is 4.74 Å². The van der Waals surface area contributed by atoms with E-state index in [1.807, 2.05) is 23.1 Å². The molecule has 6 nitrogen and oxygen atoms in total. The van der Waals surface area contributed by atoms with Crippen LogP contribution in [0, 0.1) is 5.92 Å². The van der Waals surface area contributed by atoms with Crippen LogP contribution in [0.2, 0.25) is 0 Å². The number of likely N-dealkylation sites (tertiary alicyclic amines) is 2. The number of phenols is 1. The number of pyridine rings is 1. The van der Waals surface area contributed by atoms with Crippen molar-refractivity contribution in [2.75, 3.05) is 33.3 Å². The molecule has 1 atom stereocenters. The number of benzene rings is 1. The van der Waals surface area contributed by atoms with Crippen molar-refractivity contribution in [1.29, 1.82) is 0 Å². The van der Waals surface area contributed by atoms with Crippen molar-refractivity contribution in [3.8, 4) is 5.75 Å². The Morgan fingerprint density at radius 3 is 2.89 bits per heavy atom. The molecule has 148 valence electrons. The van der Waals surface area contributed by atoms with Crippen LogP contribution in [-0.2, 0) is 11.3 Å². The Morgan fingerprint density at radius 1 is 1.29 bits per heavy atom. The minimum absolute atomic E-state index is 0.0107. The second-order valence-corrected chi connectivity index (χ2v) is 8.05. The third kappa shape index (κ3) is 3.88. The SMILES string of the molecule is CN1CC[C@H](COCc2ccccn2)CC12CN(C(=O)c1cccc(O)c1)C2. The Labute approximate surface area is 165 Å². The van der Waals surface area contributed by atoms with Gasteiger partial charge in [-0.3, -0.25) is 14.7 Å². The van der Waals surface area contributed by atoms with Crippen molar-refractivity contribution in [3.63, 3.8) is 0 Å². The molecule has 1 aromatic heterocycles. The van der Waals surface area contributed by atoms with Gasteiger partial charge < -0.3 is 14.7 Å². The molecule has 2 aromatic rings. The molecule has 4 rings (SSSR count). The summed E-state index contributed by atoms with van der Waals surface area (Å²) in [4.78, 5) is 21.3. The summed E-state index contributed by atoms with van der Waals surface area (Å²) in [6, 6.07) is 12.4. The first-order valence-electron chi connectivity index (χ1n) is 9.83. The highest BCUT2D eigenvalue weighted by Gasteiger charge is 2.50. The molecule has 1 spiro atoms. The fourth-order valence-electron chi connectivity index (χ4n) is 4.36. The minimum atomic E-state index is -0.0107. The number of aromatic hydroxyl groups is 1. The van der Waals surface area contributed by atoms with Gasteiger partial charge in [-0.15, -0.1) is 0 Å². The zero-order valence-corrected chi connectivity index (χ0v) is 16.3. The number of rotatable bonds is 5. The third-order valence-electron chi connectivity index (χ3n) is 6.03. The second kappa shape index (κ2) is 7.89. The molecule has 6 heteroatoms. The summed E-state index contributed by atoms with van der Waals surface area (Å²) in [5.74, 6) is 0.613. The molecule has 1 amide bonds. The van der Waals surface area contributed by atoms with Crippen LogP contribution < -0.4 is 0 Å². The Balaban J connectivity index is 1.31. The first-order chi connectivity index (χ1) is 13.6. The van der Waals surface area contributed by atoms with Crippen LogP contribution in [0.1, 0.15) is 28.9 Å². The van der Waals surface area contributed by atoms with Gasteiger partial charge in [0.1, 0.15) is 5.75 Å². The summed E-state index contributed by atoms with van der Waals surface area (Å²) < 4.78 is 5.92. The van der Waals surface area contributed by atoms with E-state index < -0.39 is 0 Å². The summed E-state index contributed by atoms with van der Waals surface area (Å²) in [6.45, 7) is 3.75. The molecule has 0 saturated carbocycles. The second-order valence-electron chi connectivity index (χ2n) is 8.05. The van der Waals surface area contributed by atoms with Crippen LogP contribution in [0.3, 0.4) is 0 Å². The molecule has 0 aliphatic carbocycles. The third-order valence-corrected chi connectivity index (χ3v) is 6.03. The van der Waals surface area contributed by atoms with Gasteiger partial charge in [0.25, 0.3) is 5.91 Å². The van der Waals surface area contributed by atoms with Crippen LogP contribution in [0.25, 0.3) is 0 Å². The van der Waals surface area contributed by atoms with E-state index in [1.54, 1.807) is 24.4 Å². The van der Waals surface area contributed by atoms with Crippen molar-refractivity contribution < 1.29 is 14.6 Å². The van der Waals surface area contributed by atoms with Crippen molar-refractivity contribution in [1.82, 2.24) is 14.8 Å². The number of ether oxygens (including phenoxy) is 1. The van der Waals surface area contributed by atoms with Crippen LogP contribution in [0.5, 0.6) is 5.75 Å². The minimum Gasteiger partial charge on any atom is -0.508 e. The quantitative estimate of drug-likeness (QED) is 0.862. The van der Waals surface area contributed by atoms with Gasteiger partial charge in [0, 0.05) is 24.8 Å². The number of hydrogen-bond donors (Lipinski definition) is 1. The lowest BCUT2D eigenvalue weighted by molar-refractivity contribution is -0.0769. The van der Waals surface area contributed by atoms with Crippen molar-refractivity contribution >= 4 is 5.91 Å². The van der Waals surface area contributed by atoms with Gasteiger partial charge in [0.05, 0.1) is 24.4 Å². The number of hydrogen-bond acceptors (Lipinski definition) is 5. The van der Waals surface area contributed by atoms with E-state index in [0.717, 1.165) is 44.8 Å². The highest BCUT2D eigenvalue weighted by atomic mass is 16.5. The molecular formula is C22H27N3O3. The molecule has 0 unspecified atom stereocenters. The topological polar surface area (TPSA) is 65.9 Å². The van der Waals surface area contributed by atoms with E-state index >= 15 is 0 Å². The van der Waals surface area contributed by atoms with Gasteiger partial charge in [0.15, 0.2) is 0 Å². The van der Waals surface area contributed by atoms with E-state index in [1.165, 1.54) is 6.07 Å². The number of carbonyl (C=O) groups is 1. The van der Waals surface area contributed by atoms with Gasteiger partial charge in [-0.1, -0.05) is 12.1 Å². The largest absolute Gasteiger partial charge is 0.508 e. The first kappa shape index (κ1) is 18.9. The summed E-state index contributed by atoms with van der Waals surface area (Å²) in [6.07, 6.45) is 3.94. The predicted octanol–water partition coefficient (Wildman–Crippen LogP) is 2.54. The summed E-state index contributed by atoms with van der Waals surface area (Å²) >= 11 is 0. The average molecular weight is 381 g/mol. The molecule has 2 aliphatic rings. The number of amides is 1. The summed E-state index contributed by atoms with van der Waals surface area (Å²) in [7, 11) is 2.15. The van der Waals surface area contributed by atoms with E-state index in [-0.39, 0.29) is 17.2 Å². The molecule has 2 saturated heterocycles. The van der Waals surface area contributed by atoms with Crippen LogP contribution in [0.15, 0.2) is 48.7 Å². The van der Waals surface area contributed by atoms with Crippen LogP contribution in [0.4, 0.5) is 0 Å². The molecule has 1 N–H and O–H groups in total. The maximum Gasteiger partial charge on any atom is 0.254 e. The zero-order valence-electron chi connectivity index (χ0n) is 16.3. The maximum atomic E-state index is 12.7. The lowest BCUT2D eigenvalue weighted by atomic mass is 9.75. The number of likely N-dealkylation sites (N-methyl/N-ethyl adjacent to an activating group) is 1. The molecule has 2 fully saturated rings. The van der Waals surface area contributed by atoms with Gasteiger partial charge in [-0.2, -0.15) is 0 Å². The maximum absolute atomic E-state index is 12.7. The Hall–Kier alpha value is -2.44. The normalized spacial score (nSPS) is 21.5. The molecule has 2 aliphatic heterocycles. The number of carbonyl (C=O) groups excluding carboxylic acids is 1. The standard InChI is InChI=1S/C22H27N3O3/c1-24-10-8-17(13-28-14-19-6-2-3-9-23-19)12-22(24)15-25(16-22)21(27)18-5-4-7-20(26)11-18/h2-7,9,11,17,26H,8,10,12-16H2,1H3/t17-/m0/s1. The highest BCUT2D eigenvalue weighted by molar-refractivity contribution is 5.95. The molecule has 0 bridgehead atoms. The number of nitrogens with zero attached hydrogens (tertiary/aromatic N) is 3. The van der Waals surface area contributed by atoms with E-state index in [0.29, 0.717) is 18.1 Å². The van der Waals surface area contributed by atoms with Gasteiger partial charge >= 0.3 is 0 Å². The predicted molar refractivity (Wildman–Crippen MR) is 106 cm³/mol. The Bertz CT molecular complexity index is 821. The van der Waals surface area contributed by atoms with Gasteiger partial charge in [0.2, 0.25) is 0 Å². The highest BCUT2D eigenvalue weighted by Crippen LogP contribution is 2.39. The molecule has 1 aromatic carbocycles. The smallest absolute Gasteiger partial charge is 0.254 e. The van der Waals surface area contributed by atoms with E-state index in [9.17, 15) is 9.90 Å². The van der Waals surface area contributed by atoms with E-state index in [2.05, 4.69) is 16.9 Å². The Morgan fingerprint density at radius 2 is 2.14 bits per heavy atom. The number of piperidine rings is 1.